The summed E-state index contributed by atoms with van der Waals surface area (Å²) in [6.45, 7) is 2.88. The maximum Gasteiger partial charge on any atom is 0.330 e. The van der Waals surface area contributed by atoms with Crippen molar-refractivity contribution in [3.63, 3.8) is 0 Å². The summed E-state index contributed by atoms with van der Waals surface area (Å²) < 4.78 is 6.90. The standard InChI is InChI=1S/C14H15NO2/c1-2-17-14(16)8-5-10-15-11-9-12-6-3-4-7-13(12)15/h3-9,11H,2,10H2,1H3/b8-5+. The molecule has 2 aromatic rings. The van der Waals surface area contributed by atoms with Crippen LogP contribution in [0.5, 0.6) is 0 Å². The lowest BCUT2D eigenvalue weighted by Crippen LogP contribution is -2.00. The molecule has 2 rings (SSSR count). The average molecular weight is 229 g/mol. The highest BCUT2D eigenvalue weighted by Gasteiger charge is 1.98. The first-order valence-electron chi connectivity index (χ1n) is 5.68. The molecule has 0 aliphatic rings. The van der Waals surface area contributed by atoms with Gasteiger partial charge in [0.1, 0.15) is 0 Å². The van der Waals surface area contributed by atoms with Gasteiger partial charge in [0, 0.05) is 24.3 Å². The lowest BCUT2D eigenvalue weighted by atomic mass is 10.2. The van der Waals surface area contributed by atoms with E-state index in [1.54, 1.807) is 6.92 Å². The third-order valence-electron chi connectivity index (χ3n) is 2.52. The van der Waals surface area contributed by atoms with Crippen LogP contribution in [0.2, 0.25) is 0 Å². The SMILES string of the molecule is CCOC(=O)/C=C/Cn1ccc2ccccc21. The fraction of sp³-hybridized carbons (Fsp3) is 0.214. The minimum absolute atomic E-state index is 0.288. The van der Waals surface area contributed by atoms with Gasteiger partial charge in [0.25, 0.3) is 0 Å². The molecular formula is C14H15NO2. The van der Waals surface area contributed by atoms with Crippen LogP contribution in [0.1, 0.15) is 6.92 Å². The summed E-state index contributed by atoms with van der Waals surface area (Å²) in [5.74, 6) is -0.288. The van der Waals surface area contributed by atoms with Crippen molar-refractivity contribution >= 4 is 16.9 Å². The first-order chi connectivity index (χ1) is 8.31. The number of para-hydroxylation sites is 1. The number of ether oxygens (including phenoxy) is 1. The normalized spacial score (nSPS) is 11.1. The molecule has 17 heavy (non-hydrogen) atoms. The topological polar surface area (TPSA) is 31.2 Å². The maximum absolute atomic E-state index is 11.1. The van der Waals surface area contributed by atoms with Crippen LogP contribution in [-0.2, 0) is 16.1 Å². The monoisotopic (exact) mass is 229 g/mol. The Morgan fingerprint density at radius 2 is 2.18 bits per heavy atom. The van der Waals surface area contributed by atoms with E-state index in [0.29, 0.717) is 13.2 Å². The number of hydrogen-bond acceptors (Lipinski definition) is 2. The summed E-state index contributed by atoms with van der Waals surface area (Å²) in [4.78, 5) is 11.1. The van der Waals surface area contributed by atoms with E-state index in [0.717, 1.165) is 0 Å². The molecule has 0 radical (unpaired) electrons. The van der Waals surface area contributed by atoms with Crippen molar-refractivity contribution in [3.05, 3.63) is 48.7 Å². The van der Waals surface area contributed by atoms with Crippen LogP contribution in [0.3, 0.4) is 0 Å². The van der Waals surface area contributed by atoms with E-state index in [-0.39, 0.29) is 5.97 Å². The van der Waals surface area contributed by atoms with Crippen LogP contribution in [-0.4, -0.2) is 17.1 Å². The van der Waals surface area contributed by atoms with E-state index in [1.807, 2.05) is 24.4 Å². The van der Waals surface area contributed by atoms with Gasteiger partial charge in [0.05, 0.1) is 6.61 Å². The summed E-state index contributed by atoms with van der Waals surface area (Å²) >= 11 is 0. The molecule has 0 bridgehead atoms. The zero-order chi connectivity index (χ0) is 12.1. The minimum Gasteiger partial charge on any atom is -0.463 e. The number of carbonyl (C=O) groups is 1. The number of allylic oxidation sites excluding steroid dienone is 1. The molecule has 0 saturated heterocycles. The van der Waals surface area contributed by atoms with Crippen LogP contribution in [0.25, 0.3) is 10.9 Å². The highest BCUT2D eigenvalue weighted by atomic mass is 16.5. The van der Waals surface area contributed by atoms with Gasteiger partial charge >= 0.3 is 5.97 Å². The van der Waals surface area contributed by atoms with Gasteiger partial charge in [-0.1, -0.05) is 24.3 Å². The number of hydrogen-bond donors (Lipinski definition) is 0. The fourth-order valence-electron chi connectivity index (χ4n) is 1.75. The van der Waals surface area contributed by atoms with Crippen LogP contribution in [0.4, 0.5) is 0 Å². The minimum atomic E-state index is -0.288. The highest BCUT2D eigenvalue weighted by Crippen LogP contribution is 2.14. The molecule has 0 atom stereocenters. The molecule has 0 aliphatic carbocycles. The van der Waals surface area contributed by atoms with Gasteiger partial charge in [-0.15, -0.1) is 0 Å². The average Bonchev–Trinajstić information content (AvgIpc) is 2.73. The number of esters is 1. The Balaban J connectivity index is 2.06. The van der Waals surface area contributed by atoms with Gasteiger partial charge in [-0.25, -0.2) is 4.79 Å². The first kappa shape index (κ1) is 11.5. The number of nitrogens with zero attached hydrogens (tertiary/aromatic N) is 1. The highest BCUT2D eigenvalue weighted by molar-refractivity contribution is 5.82. The van der Waals surface area contributed by atoms with Crippen LogP contribution >= 0.6 is 0 Å². The zero-order valence-corrected chi connectivity index (χ0v) is 9.80. The Hall–Kier alpha value is -2.03. The second kappa shape index (κ2) is 5.34. The van der Waals surface area contributed by atoms with E-state index in [9.17, 15) is 4.79 Å². The lowest BCUT2D eigenvalue weighted by Gasteiger charge is -2.00. The van der Waals surface area contributed by atoms with E-state index < -0.39 is 0 Å². The van der Waals surface area contributed by atoms with Crippen LogP contribution < -0.4 is 0 Å². The van der Waals surface area contributed by atoms with Gasteiger partial charge in [0.2, 0.25) is 0 Å². The van der Waals surface area contributed by atoms with E-state index in [4.69, 9.17) is 4.74 Å². The molecule has 0 saturated carbocycles. The maximum atomic E-state index is 11.1. The molecule has 1 aromatic carbocycles. The van der Waals surface area contributed by atoms with Gasteiger partial charge in [-0.3, -0.25) is 0 Å². The molecule has 3 heteroatoms. The van der Waals surface area contributed by atoms with Crippen molar-refractivity contribution in [1.82, 2.24) is 4.57 Å². The second-order valence-corrected chi connectivity index (χ2v) is 3.68. The fourth-order valence-corrected chi connectivity index (χ4v) is 1.75. The quantitative estimate of drug-likeness (QED) is 0.596. The lowest BCUT2D eigenvalue weighted by molar-refractivity contribution is -0.137. The number of rotatable bonds is 4. The first-order valence-corrected chi connectivity index (χ1v) is 5.68. The van der Waals surface area contributed by atoms with E-state index in [1.165, 1.54) is 17.0 Å². The molecule has 0 amide bonds. The molecule has 0 fully saturated rings. The molecule has 1 aromatic heterocycles. The van der Waals surface area contributed by atoms with Crippen molar-refractivity contribution in [2.24, 2.45) is 0 Å². The Morgan fingerprint density at radius 3 is 3.00 bits per heavy atom. The Morgan fingerprint density at radius 1 is 1.35 bits per heavy atom. The predicted molar refractivity (Wildman–Crippen MR) is 67.7 cm³/mol. The van der Waals surface area contributed by atoms with E-state index in [2.05, 4.69) is 22.8 Å². The number of fused-ring (bicyclic) bond motifs is 1. The second-order valence-electron chi connectivity index (χ2n) is 3.68. The molecule has 3 nitrogen and oxygen atoms in total. The largest absolute Gasteiger partial charge is 0.463 e. The molecule has 1 heterocycles. The molecule has 0 N–H and O–H groups in total. The Bertz CT molecular complexity index is 540. The smallest absolute Gasteiger partial charge is 0.330 e. The van der Waals surface area contributed by atoms with E-state index >= 15 is 0 Å². The Kier molecular flexibility index (Phi) is 3.60. The summed E-state index contributed by atoms with van der Waals surface area (Å²) in [5, 5.41) is 1.21. The van der Waals surface area contributed by atoms with Crippen molar-refractivity contribution in [3.8, 4) is 0 Å². The van der Waals surface area contributed by atoms with Crippen LogP contribution in [0.15, 0.2) is 48.7 Å². The van der Waals surface area contributed by atoms with Gasteiger partial charge in [0.15, 0.2) is 0 Å². The summed E-state index contributed by atoms with van der Waals surface area (Å²) in [6, 6.07) is 10.2. The third-order valence-corrected chi connectivity index (χ3v) is 2.52. The summed E-state index contributed by atoms with van der Waals surface area (Å²) in [7, 11) is 0. The summed E-state index contributed by atoms with van der Waals surface area (Å²) in [6.07, 6.45) is 5.29. The zero-order valence-electron chi connectivity index (χ0n) is 9.80. The summed E-state index contributed by atoms with van der Waals surface area (Å²) in [5.41, 5.74) is 1.17. The molecule has 88 valence electrons. The third kappa shape index (κ3) is 2.75. The predicted octanol–water partition coefficient (Wildman–Crippen LogP) is 2.76. The molecule has 0 spiro atoms. The number of aromatic nitrogens is 1. The number of carbonyl (C=O) groups excluding carboxylic acids is 1. The molecular weight excluding hydrogens is 214 g/mol. The van der Waals surface area contributed by atoms with Crippen molar-refractivity contribution < 1.29 is 9.53 Å². The van der Waals surface area contributed by atoms with Gasteiger partial charge < -0.3 is 9.30 Å². The number of benzene rings is 1. The van der Waals surface area contributed by atoms with Crippen LogP contribution in [0, 0.1) is 0 Å². The van der Waals surface area contributed by atoms with Gasteiger partial charge in [-0.2, -0.15) is 0 Å². The van der Waals surface area contributed by atoms with Crippen molar-refractivity contribution in [2.45, 2.75) is 13.5 Å². The molecule has 0 unspecified atom stereocenters. The Labute approximate surface area is 100 Å². The van der Waals surface area contributed by atoms with Crippen molar-refractivity contribution in [2.75, 3.05) is 6.61 Å². The molecule has 0 aliphatic heterocycles. The van der Waals surface area contributed by atoms with Gasteiger partial charge in [-0.05, 0) is 24.4 Å². The van der Waals surface area contributed by atoms with Crippen molar-refractivity contribution in [1.29, 1.82) is 0 Å².